The lowest BCUT2D eigenvalue weighted by atomic mass is 9.99. The summed E-state index contributed by atoms with van der Waals surface area (Å²) in [5.41, 5.74) is 5.52. The number of benzene rings is 1. The second kappa shape index (κ2) is 12.2. The second-order valence-electron chi connectivity index (χ2n) is 8.94. The molecular weight excluding hydrogens is 537 g/mol. The van der Waals surface area contributed by atoms with E-state index in [1.165, 1.54) is 12.8 Å². The number of guanidine groups is 1. The molecule has 0 bridgehead atoms. The number of aromatic nitrogens is 3. The number of nitrogens with zero attached hydrogens (tertiary/aromatic N) is 5. The molecule has 0 aliphatic carbocycles. The van der Waals surface area contributed by atoms with Crippen molar-refractivity contribution in [3.05, 3.63) is 71.2 Å². The molecule has 7 nitrogen and oxygen atoms in total. The molecule has 0 radical (unpaired) electrons. The summed E-state index contributed by atoms with van der Waals surface area (Å²) in [7, 11) is 1.79. The van der Waals surface area contributed by atoms with Crippen LogP contribution in [0.5, 0.6) is 0 Å². The van der Waals surface area contributed by atoms with Crippen LogP contribution in [0.25, 0.3) is 5.69 Å². The fourth-order valence-corrected chi connectivity index (χ4v) is 4.27. The van der Waals surface area contributed by atoms with E-state index in [0.717, 1.165) is 59.0 Å². The van der Waals surface area contributed by atoms with E-state index in [1.54, 1.807) is 7.05 Å². The molecule has 0 saturated carbocycles. The van der Waals surface area contributed by atoms with Gasteiger partial charge >= 0.3 is 0 Å². The first kappa shape index (κ1) is 26.0. The Morgan fingerprint density at radius 2 is 1.79 bits per heavy atom. The van der Waals surface area contributed by atoms with Gasteiger partial charge in [-0.05, 0) is 61.9 Å². The highest BCUT2D eigenvalue weighted by molar-refractivity contribution is 14.0. The zero-order chi connectivity index (χ0) is 23.2. The Labute approximate surface area is 220 Å². The van der Waals surface area contributed by atoms with E-state index < -0.39 is 0 Å². The Hall–Kier alpha value is -2.62. The number of aliphatic imine (C=N–C) groups is 1. The molecule has 3 heterocycles. The minimum atomic E-state index is 0. The lowest BCUT2D eigenvalue weighted by Gasteiger charge is -2.31. The Morgan fingerprint density at radius 3 is 2.44 bits per heavy atom. The quantitative estimate of drug-likeness (QED) is 0.256. The highest BCUT2D eigenvalue weighted by atomic mass is 127. The highest BCUT2D eigenvalue weighted by Crippen LogP contribution is 2.21. The van der Waals surface area contributed by atoms with Crippen LogP contribution in [-0.4, -0.2) is 40.9 Å². The van der Waals surface area contributed by atoms with Crippen molar-refractivity contribution in [1.82, 2.24) is 25.4 Å². The van der Waals surface area contributed by atoms with Crippen molar-refractivity contribution in [2.24, 2.45) is 10.9 Å². The summed E-state index contributed by atoms with van der Waals surface area (Å²) in [4.78, 5) is 11.5. The third-order valence-electron chi connectivity index (χ3n) is 6.28. The average Bonchev–Trinajstić information content (AvgIpc) is 3.18. The third kappa shape index (κ3) is 6.49. The number of hydrogen-bond donors (Lipinski definition) is 2. The van der Waals surface area contributed by atoms with Gasteiger partial charge in [-0.1, -0.05) is 31.2 Å². The zero-order valence-corrected chi connectivity index (χ0v) is 22.9. The number of pyridine rings is 1. The van der Waals surface area contributed by atoms with Crippen LogP contribution < -0.4 is 15.5 Å². The van der Waals surface area contributed by atoms with Crippen molar-refractivity contribution < 1.29 is 0 Å². The number of para-hydroxylation sites is 1. The first-order valence-electron chi connectivity index (χ1n) is 11.8. The molecule has 1 fully saturated rings. The van der Waals surface area contributed by atoms with Gasteiger partial charge in [-0.3, -0.25) is 4.99 Å². The van der Waals surface area contributed by atoms with E-state index in [-0.39, 0.29) is 24.0 Å². The van der Waals surface area contributed by atoms with E-state index in [4.69, 9.17) is 4.98 Å². The molecule has 0 spiro atoms. The number of rotatable bonds is 6. The molecule has 1 aliphatic heterocycles. The molecular formula is C26H36IN7. The Morgan fingerprint density at radius 1 is 1.06 bits per heavy atom. The normalized spacial score (nSPS) is 14.6. The smallest absolute Gasteiger partial charge is 0.191 e. The van der Waals surface area contributed by atoms with Crippen LogP contribution in [0.3, 0.4) is 0 Å². The Kier molecular flexibility index (Phi) is 9.32. The summed E-state index contributed by atoms with van der Waals surface area (Å²) in [6.07, 6.45) is 4.46. The predicted molar refractivity (Wildman–Crippen MR) is 150 cm³/mol. The van der Waals surface area contributed by atoms with Crippen LogP contribution in [0.1, 0.15) is 42.3 Å². The van der Waals surface area contributed by atoms with Crippen LogP contribution in [0.2, 0.25) is 0 Å². The van der Waals surface area contributed by atoms with Crippen molar-refractivity contribution in [3.8, 4) is 5.69 Å². The number of aryl methyl sites for hydroxylation is 2. The van der Waals surface area contributed by atoms with Gasteiger partial charge in [-0.25, -0.2) is 9.67 Å². The van der Waals surface area contributed by atoms with Crippen molar-refractivity contribution >= 4 is 35.8 Å². The minimum absolute atomic E-state index is 0. The average molecular weight is 574 g/mol. The van der Waals surface area contributed by atoms with Gasteiger partial charge < -0.3 is 15.5 Å². The van der Waals surface area contributed by atoms with Crippen molar-refractivity contribution in [3.63, 3.8) is 0 Å². The summed E-state index contributed by atoms with van der Waals surface area (Å²) in [5, 5.41) is 11.5. The summed E-state index contributed by atoms with van der Waals surface area (Å²) < 4.78 is 2.00. The second-order valence-corrected chi connectivity index (χ2v) is 8.94. The van der Waals surface area contributed by atoms with Crippen molar-refractivity contribution in [2.75, 3.05) is 25.0 Å². The molecule has 8 heteroatoms. The Bertz CT molecular complexity index is 1080. The maximum Gasteiger partial charge on any atom is 0.191 e. The molecule has 1 saturated heterocycles. The van der Waals surface area contributed by atoms with Crippen molar-refractivity contribution in [1.29, 1.82) is 0 Å². The maximum absolute atomic E-state index is 4.70. The Balaban J connectivity index is 0.00000324. The first-order chi connectivity index (χ1) is 16.0. The molecule has 3 aromatic rings. The summed E-state index contributed by atoms with van der Waals surface area (Å²) >= 11 is 0. The van der Waals surface area contributed by atoms with Gasteiger partial charge in [0.25, 0.3) is 0 Å². The minimum Gasteiger partial charge on any atom is -0.357 e. The predicted octanol–water partition coefficient (Wildman–Crippen LogP) is 4.60. The molecule has 2 N–H and O–H groups in total. The molecule has 182 valence electrons. The third-order valence-corrected chi connectivity index (χ3v) is 6.28. The standard InChI is InChI=1S/C26H35N7.HI/c1-19-11-13-32(14-12-19)25-10-9-22(16-28-25)17-29-26(27-4)30-18-23-7-5-6-8-24(23)33-21(3)15-20(2)31-33;/h5-10,15-16,19H,11-14,17-18H2,1-4H3,(H2,27,29,30);1H. The van der Waals surface area contributed by atoms with Gasteiger partial charge in [0, 0.05) is 45.1 Å². The fourth-order valence-electron chi connectivity index (χ4n) is 4.27. The topological polar surface area (TPSA) is 70.4 Å². The van der Waals surface area contributed by atoms with Crippen LogP contribution in [0.4, 0.5) is 5.82 Å². The monoisotopic (exact) mass is 573 g/mol. The molecule has 4 rings (SSSR count). The van der Waals surface area contributed by atoms with E-state index in [9.17, 15) is 0 Å². The molecule has 0 amide bonds. The largest absolute Gasteiger partial charge is 0.357 e. The van der Waals surface area contributed by atoms with Crippen LogP contribution in [0, 0.1) is 19.8 Å². The van der Waals surface area contributed by atoms with Crippen molar-refractivity contribution in [2.45, 2.75) is 46.7 Å². The lowest BCUT2D eigenvalue weighted by Crippen LogP contribution is -2.36. The van der Waals surface area contributed by atoms with Gasteiger partial charge in [0.2, 0.25) is 0 Å². The molecule has 34 heavy (non-hydrogen) atoms. The van der Waals surface area contributed by atoms with Gasteiger partial charge in [0.05, 0.1) is 11.4 Å². The van der Waals surface area contributed by atoms with Gasteiger partial charge in [0.15, 0.2) is 5.96 Å². The number of piperidine rings is 1. The SMILES string of the molecule is CN=C(NCc1ccc(N2CCC(C)CC2)nc1)NCc1ccccc1-n1nc(C)cc1C.I. The first-order valence-corrected chi connectivity index (χ1v) is 11.8. The van der Waals surface area contributed by atoms with Crippen LogP contribution in [-0.2, 0) is 13.1 Å². The number of hydrogen-bond acceptors (Lipinski definition) is 4. The van der Waals surface area contributed by atoms with E-state index in [1.807, 2.05) is 23.9 Å². The van der Waals surface area contributed by atoms with E-state index in [2.05, 4.69) is 75.9 Å². The molecule has 1 aliphatic rings. The highest BCUT2D eigenvalue weighted by Gasteiger charge is 2.16. The maximum atomic E-state index is 4.70. The van der Waals surface area contributed by atoms with Gasteiger partial charge in [-0.15, -0.1) is 24.0 Å². The van der Waals surface area contributed by atoms with Crippen LogP contribution >= 0.6 is 24.0 Å². The summed E-state index contributed by atoms with van der Waals surface area (Å²) in [6.45, 7) is 9.95. The zero-order valence-electron chi connectivity index (χ0n) is 20.6. The number of halogens is 1. The fraction of sp³-hybridized carbons (Fsp3) is 0.423. The van der Waals surface area contributed by atoms with Gasteiger partial charge in [-0.2, -0.15) is 5.10 Å². The van der Waals surface area contributed by atoms with E-state index >= 15 is 0 Å². The summed E-state index contributed by atoms with van der Waals surface area (Å²) in [5.74, 6) is 2.66. The lowest BCUT2D eigenvalue weighted by molar-refractivity contribution is 0.436. The van der Waals surface area contributed by atoms with E-state index in [0.29, 0.717) is 13.1 Å². The van der Waals surface area contributed by atoms with Crippen LogP contribution in [0.15, 0.2) is 53.7 Å². The van der Waals surface area contributed by atoms with Gasteiger partial charge in [0.1, 0.15) is 5.82 Å². The molecule has 0 unspecified atom stereocenters. The molecule has 1 aromatic carbocycles. The number of anilines is 1. The summed E-state index contributed by atoms with van der Waals surface area (Å²) in [6, 6.07) is 14.7. The number of nitrogens with one attached hydrogen (secondary N) is 2. The molecule has 2 aromatic heterocycles. The molecule has 0 atom stereocenters.